The Morgan fingerprint density at radius 1 is 0.684 bits per heavy atom. The standard InChI is InChI=1S/C32H36N6/c1-5-21-17-19(11-13-23(21)29-25(7-1)35-31(37-29)27-9-3-15-33-27)20-12-14-24-22(18-20)6-2-8-26-30(24)38-32(36-26)28-10-4-16-34-28/h11-14,17-18,27-28,33-34H,1-10,15-16H2,(H,35,37)(H,36,38)/p+1. The van der Waals surface area contributed by atoms with Gasteiger partial charge < -0.3 is 20.6 Å². The van der Waals surface area contributed by atoms with E-state index in [2.05, 4.69) is 57.0 Å². The van der Waals surface area contributed by atoms with E-state index >= 15 is 0 Å². The first-order valence-corrected chi connectivity index (χ1v) is 14.8. The number of fused-ring (bicyclic) bond motifs is 6. The smallest absolute Gasteiger partial charge is 0.165 e. The van der Waals surface area contributed by atoms with Gasteiger partial charge in [-0.15, -0.1) is 0 Å². The van der Waals surface area contributed by atoms with Crippen LogP contribution in [0.5, 0.6) is 0 Å². The highest BCUT2D eigenvalue weighted by Gasteiger charge is 2.28. The van der Waals surface area contributed by atoms with Crippen LogP contribution in [0.2, 0.25) is 0 Å². The van der Waals surface area contributed by atoms with Gasteiger partial charge in [0.2, 0.25) is 0 Å². The summed E-state index contributed by atoms with van der Waals surface area (Å²) in [6, 6.07) is 15.0. The number of rotatable bonds is 3. The van der Waals surface area contributed by atoms with Crippen molar-refractivity contribution in [2.24, 2.45) is 0 Å². The number of nitrogens with one attached hydrogen (secondary N) is 3. The molecule has 2 unspecified atom stereocenters. The molecule has 0 amide bonds. The quantitative estimate of drug-likeness (QED) is 0.318. The van der Waals surface area contributed by atoms with Gasteiger partial charge in [0, 0.05) is 35.4 Å². The molecule has 6 nitrogen and oxygen atoms in total. The lowest BCUT2D eigenvalue weighted by Crippen LogP contribution is -2.82. The molecule has 4 heterocycles. The summed E-state index contributed by atoms with van der Waals surface area (Å²) < 4.78 is 0. The lowest BCUT2D eigenvalue weighted by Gasteiger charge is -2.12. The number of imidazole rings is 2. The van der Waals surface area contributed by atoms with Gasteiger partial charge in [-0.3, -0.25) is 0 Å². The highest BCUT2D eigenvalue weighted by Crippen LogP contribution is 2.38. The van der Waals surface area contributed by atoms with E-state index in [9.17, 15) is 0 Å². The van der Waals surface area contributed by atoms with Crippen molar-refractivity contribution in [1.82, 2.24) is 25.3 Å². The fourth-order valence-corrected chi connectivity index (χ4v) is 7.28. The third kappa shape index (κ3) is 3.85. The van der Waals surface area contributed by atoms with Crippen LogP contribution < -0.4 is 10.6 Å². The molecule has 194 valence electrons. The van der Waals surface area contributed by atoms with E-state index in [0.717, 1.165) is 44.5 Å². The van der Waals surface area contributed by atoms with Crippen molar-refractivity contribution in [1.29, 1.82) is 0 Å². The Hall–Kier alpha value is -3.22. The predicted molar refractivity (Wildman–Crippen MR) is 150 cm³/mol. The Morgan fingerprint density at radius 3 is 1.95 bits per heavy atom. The van der Waals surface area contributed by atoms with Crippen molar-refractivity contribution >= 4 is 0 Å². The molecule has 2 aromatic carbocycles. The molecular formula is C32H37N6+. The molecular weight excluding hydrogens is 468 g/mol. The van der Waals surface area contributed by atoms with Gasteiger partial charge in [-0.1, -0.05) is 36.4 Å². The highest BCUT2D eigenvalue weighted by molar-refractivity contribution is 5.77. The topological polar surface area (TPSA) is 86.0 Å². The molecule has 2 saturated heterocycles. The number of quaternary nitrogens is 1. The number of H-pyrrole nitrogens is 2. The Morgan fingerprint density at radius 2 is 1.34 bits per heavy atom. The number of nitrogens with two attached hydrogens (primary N) is 1. The molecule has 4 aliphatic rings. The van der Waals surface area contributed by atoms with Crippen molar-refractivity contribution in [3.05, 3.63) is 70.6 Å². The van der Waals surface area contributed by atoms with Crippen molar-refractivity contribution in [2.75, 3.05) is 13.1 Å². The zero-order valence-corrected chi connectivity index (χ0v) is 22.1. The number of aryl methyl sites for hydroxylation is 4. The van der Waals surface area contributed by atoms with Gasteiger partial charge >= 0.3 is 0 Å². The predicted octanol–water partition coefficient (Wildman–Crippen LogP) is 4.93. The van der Waals surface area contributed by atoms with Gasteiger partial charge in [0.25, 0.3) is 0 Å². The van der Waals surface area contributed by atoms with Crippen LogP contribution in [0.1, 0.15) is 84.8 Å². The summed E-state index contributed by atoms with van der Waals surface area (Å²) in [4.78, 5) is 17.7. The molecule has 6 heteroatoms. The van der Waals surface area contributed by atoms with Crippen LogP contribution in [0.15, 0.2) is 36.4 Å². The number of aromatic amines is 2. The second-order valence-electron chi connectivity index (χ2n) is 11.8. The number of aromatic nitrogens is 4. The van der Waals surface area contributed by atoms with Gasteiger partial charge in [-0.2, -0.15) is 0 Å². The molecule has 2 fully saturated rings. The first-order valence-electron chi connectivity index (χ1n) is 14.8. The number of hydrogen-bond donors (Lipinski definition) is 4. The molecule has 8 rings (SSSR count). The Kier molecular flexibility index (Phi) is 5.51. The van der Waals surface area contributed by atoms with Gasteiger partial charge in [-0.25, -0.2) is 9.97 Å². The summed E-state index contributed by atoms with van der Waals surface area (Å²) in [7, 11) is 0. The molecule has 2 atom stereocenters. The Labute approximate surface area is 224 Å². The van der Waals surface area contributed by atoms with Gasteiger partial charge in [0.1, 0.15) is 11.9 Å². The maximum atomic E-state index is 5.16. The molecule has 2 aliphatic carbocycles. The van der Waals surface area contributed by atoms with E-state index in [-0.39, 0.29) is 0 Å². The van der Waals surface area contributed by atoms with Crippen LogP contribution in [0.3, 0.4) is 0 Å². The lowest BCUT2D eigenvalue weighted by molar-refractivity contribution is -0.677. The SMILES string of the molecule is c1cc2c(cc1-c1ccc3c(c1)CCCc1[nH]c(C4CCC[NH2+]4)nc1-3)CCCc1[nH]c(C3CCCN3)nc1-2. The monoisotopic (exact) mass is 505 g/mol. The van der Waals surface area contributed by atoms with E-state index < -0.39 is 0 Å². The molecule has 5 N–H and O–H groups in total. The maximum absolute atomic E-state index is 5.16. The van der Waals surface area contributed by atoms with Crippen molar-refractivity contribution in [3.63, 3.8) is 0 Å². The minimum atomic E-state index is 0.381. The van der Waals surface area contributed by atoms with Crippen LogP contribution in [0, 0.1) is 0 Å². The molecule has 4 aromatic rings. The van der Waals surface area contributed by atoms with E-state index in [1.54, 1.807) is 0 Å². The minimum absolute atomic E-state index is 0.381. The molecule has 0 saturated carbocycles. The number of benzene rings is 2. The molecule has 0 bridgehead atoms. The molecule has 0 radical (unpaired) electrons. The summed E-state index contributed by atoms with van der Waals surface area (Å²) in [5.41, 5.74) is 13.2. The Balaban J connectivity index is 1.13. The van der Waals surface area contributed by atoms with Crippen LogP contribution in [0.4, 0.5) is 0 Å². The average molecular weight is 506 g/mol. The molecule has 0 spiro atoms. The zero-order valence-electron chi connectivity index (χ0n) is 22.1. The molecule has 2 aliphatic heterocycles. The zero-order chi connectivity index (χ0) is 25.1. The van der Waals surface area contributed by atoms with Gasteiger partial charge in [-0.05, 0) is 80.2 Å². The summed E-state index contributed by atoms with van der Waals surface area (Å²) in [5.74, 6) is 2.31. The lowest BCUT2D eigenvalue weighted by atomic mass is 9.93. The van der Waals surface area contributed by atoms with E-state index in [4.69, 9.17) is 9.97 Å². The second kappa shape index (κ2) is 9.21. The molecule has 2 aromatic heterocycles. The fourth-order valence-electron chi connectivity index (χ4n) is 7.28. The highest BCUT2D eigenvalue weighted by atomic mass is 15.1. The number of hydrogen-bond acceptors (Lipinski definition) is 3. The van der Waals surface area contributed by atoms with Crippen LogP contribution in [-0.2, 0) is 25.7 Å². The summed E-state index contributed by atoms with van der Waals surface area (Å²) in [6.45, 7) is 2.32. The third-order valence-corrected chi connectivity index (χ3v) is 9.31. The van der Waals surface area contributed by atoms with Crippen LogP contribution >= 0.6 is 0 Å². The van der Waals surface area contributed by atoms with E-state index in [0.29, 0.717) is 12.1 Å². The summed E-state index contributed by atoms with van der Waals surface area (Å²) in [6.07, 6.45) is 11.6. The third-order valence-electron chi connectivity index (χ3n) is 9.31. The number of nitrogens with zero attached hydrogens (tertiary/aromatic N) is 2. The first-order chi connectivity index (χ1) is 18.8. The summed E-state index contributed by atoms with van der Waals surface area (Å²) >= 11 is 0. The largest absolute Gasteiger partial charge is 0.344 e. The maximum Gasteiger partial charge on any atom is 0.165 e. The van der Waals surface area contributed by atoms with Crippen molar-refractivity contribution in [3.8, 4) is 33.6 Å². The Bertz CT molecular complexity index is 1380. The van der Waals surface area contributed by atoms with Gasteiger partial charge in [0.15, 0.2) is 5.82 Å². The van der Waals surface area contributed by atoms with Crippen LogP contribution in [-0.4, -0.2) is 33.0 Å². The molecule has 38 heavy (non-hydrogen) atoms. The van der Waals surface area contributed by atoms with Crippen molar-refractivity contribution < 1.29 is 5.32 Å². The second-order valence-corrected chi connectivity index (χ2v) is 11.8. The minimum Gasteiger partial charge on any atom is -0.344 e. The summed E-state index contributed by atoms with van der Waals surface area (Å²) in [5, 5.41) is 6.04. The first kappa shape index (κ1) is 22.7. The fraction of sp³-hybridized carbons (Fsp3) is 0.438. The average Bonchev–Trinajstić information content (AvgIpc) is 3.74. The van der Waals surface area contributed by atoms with Crippen molar-refractivity contribution in [2.45, 2.75) is 76.3 Å². The van der Waals surface area contributed by atoms with E-state index in [1.165, 1.54) is 101 Å². The van der Waals surface area contributed by atoms with Crippen LogP contribution in [0.25, 0.3) is 33.6 Å². The normalized spacial score (nSPS) is 22.3. The van der Waals surface area contributed by atoms with E-state index in [1.807, 2.05) is 0 Å². The van der Waals surface area contributed by atoms with Gasteiger partial charge in [0.05, 0.1) is 24.0 Å².